The Balaban J connectivity index is 2.99. The molecule has 0 atom stereocenters. The van der Waals surface area contributed by atoms with E-state index in [2.05, 4.69) is 22.6 Å². The highest BCUT2D eigenvalue weighted by Gasteiger charge is 2.17. The van der Waals surface area contributed by atoms with Crippen LogP contribution in [-0.2, 0) is 0 Å². The minimum Gasteiger partial charge on any atom is -0.478 e. The maximum Gasteiger partial charge on any atom is 0.336 e. The van der Waals surface area contributed by atoms with Gasteiger partial charge in [-0.3, -0.25) is 0 Å². The highest BCUT2D eigenvalue weighted by molar-refractivity contribution is 14.1. The first kappa shape index (κ1) is 11.8. The molecule has 2 N–H and O–H groups in total. The van der Waals surface area contributed by atoms with Crippen molar-refractivity contribution in [2.45, 2.75) is 0 Å². The number of hydrogen-bond donors (Lipinski definition) is 2. The molecule has 0 aliphatic heterocycles. The van der Waals surface area contributed by atoms with Crippen LogP contribution >= 0.6 is 22.6 Å². The Kier molecular flexibility index (Phi) is 3.01. The summed E-state index contributed by atoms with van der Waals surface area (Å²) in [5, 5.41) is 19.1. The third-order valence-corrected chi connectivity index (χ3v) is 3.39. The molecular weight excluding hydrogens is 335 g/mol. The molecule has 0 heterocycles. The van der Waals surface area contributed by atoms with Crippen molar-refractivity contribution >= 4 is 45.3 Å². The Hall–Kier alpha value is -1.63. The fourth-order valence-electron chi connectivity index (χ4n) is 1.73. The molecule has 86 valence electrons. The Morgan fingerprint density at radius 2 is 1.53 bits per heavy atom. The Morgan fingerprint density at radius 1 is 0.941 bits per heavy atom. The van der Waals surface area contributed by atoms with E-state index >= 15 is 0 Å². The van der Waals surface area contributed by atoms with E-state index in [4.69, 9.17) is 10.2 Å². The van der Waals surface area contributed by atoms with Gasteiger partial charge in [-0.25, -0.2) is 9.59 Å². The van der Waals surface area contributed by atoms with Crippen molar-refractivity contribution in [3.63, 3.8) is 0 Å². The number of benzene rings is 2. The minimum atomic E-state index is -1.12. The number of carboxylic acids is 2. The summed E-state index contributed by atoms with van der Waals surface area (Å²) >= 11 is 2.05. The van der Waals surface area contributed by atoms with Gasteiger partial charge in [0.1, 0.15) is 0 Å². The largest absolute Gasteiger partial charge is 0.478 e. The molecule has 17 heavy (non-hydrogen) atoms. The van der Waals surface area contributed by atoms with E-state index in [1.54, 1.807) is 18.2 Å². The summed E-state index contributed by atoms with van der Waals surface area (Å²) in [4.78, 5) is 22.2. The standard InChI is InChI=1S/C12H7IO4/c13-9-5-4-8(12(16)17)10-6(9)2-1-3-7(10)11(14)15/h1-5H,(H,14,15)(H,16,17). The lowest BCUT2D eigenvalue weighted by Gasteiger charge is -2.07. The van der Waals surface area contributed by atoms with E-state index in [-0.39, 0.29) is 16.5 Å². The summed E-state index contributed by atoms with van der Waals surface area (Å²) in [5.41, 5.74) is 0.0248. The smallest absolute Gasteiger partial charge is 0.336 e. The van der Waals surface area contributed by atoms with Gasteiger partial charge in [0.05, 0.1) is 11.1 Å². The average molecular weight is 342 g/mol. The van der Waals surface area contributed by atoms with Crippen molar-refractivity contribution < 1.29 is 19.8 Å². The predicted octanol–water partition coefficient (Wildman–Crippen LogP) is 2.84. The van der Waals surface area contributed by atoms with Crippen LogP contribution in [0.1, 0.15) is 20.7 Å². The fraction of sp³-hybridized carbons (Fsp3) is 0. The van der Waals surface area contributed by atoms with E-state index in [0.29, 0.717) is 5.39 Å². The lowest BCUT2D eigenvalue weighted by Crippen LogP contribution is -2.04. The molecule has 4 nitrogen and oxygen atoms in total. The summed E-state index contributed by atoms with van der Waals surface area (Å²) in [6.45, 7) is 0. The quantitative estimate of drug-likeness (QED) is 0.823. The second-order valence-electron chi connectivity index (χ2n) is 3.43. The lowest BCUT2D eigenvalue weighted by molar-refractivity contribution is 0.0695. The van der Waals surface area contributed by atoms with Crippen molar-refractivity contribution in [2.75, 3.05) is 0 Å². The summed E-state index contributed by atoms with van der Waals surface area (Å²) in [6, 6.07) is 7.83. The van der Waals surface area contributed by atoms with Crippen molar-refractivity contribution in [1.82, 2.24) is 0 Å². The van der Waals surface area contributed by atoms with Crippen LogP contribution in [0.25, 0.3) is 10.8 Å². The molecule has 2 aromatic carbocycles. The molecule has 2 aromatic rings. The van der Waals surface area contributed by atoms with Gasteiger partial charge in [-0.15, -0.1) is 0 Å². The number of carboxylic acid groups (broad SMARTS) is 2. The number of carbonyl (C=O) groups is 2. The third kappa shape index (κ3) is 1.97. The highest BCUT2D eigenvalue weighted by Crippen LogP contribution is 2.27. The Labute approximate surface area is 110 Å². The van der Waals surface area contributed by atoms with Gasteiger partial charge in [-0.05, 0) is 46.2 Å². The molecule has 0 bridgehead atoms. The first-order chi connectivity index (χ1) is 8.02. The normalized spacial score (nSPS) is 10.4. The van der Waals surface area contributed by atoms with Crippen LogP contribution in [-0.4, -0.2) is 22.2 Å². The number of fused-ring (bicyclic) bond motifs is 1. The minimum absolute atomic E-state index is 0.0124. The average Bonchev–Trinajstić information content (AvgIpc) is 2.28. The molecule has 0 fully saturated rings. The van der Waals surface area contributed by atoms with Crippen LogP contribution < -0.4 is 0 Å². The van der Waals surface area contributed by atoms with Crippen molar-refractivity contribution in [2.24, 2.45) is 0 Å². The summed E-state index contributed by atoms with van der Waals surface area (Å²) in [5.74, 6) is -2.25. The van der Waals surface area contributed by atoms with Gasteiger partial charge in [-0.2, -0.15) is 0 Å². The number of hydrogen-bond acceptors (Lipinski definition) is 2. The Morgan fingerprint density at radius 3 is 2.12 bits per heavy atom. The molecule has 0 aliphatic rings. The molecule has 0 unspecified atom stereocenters. The number of rotatable bonds is 2. The Bertz CT molecular complexity index is 613. The molecular formula is C12H7IO4. The van der Waals surface area contributed by atoms with Gasteiger partial charge in [0.15, 0.2) is 0 Å². The molecule has 0 amide bonds. The van der Waals surface area contributed by atoms with Crippen molar-refractivity contribution in [3.8, 4) is 0 Å². The van der Waals surface area contributed by atoms with E-state index in [9.17, 15) is 9.59 Å². The molecule has 2 rings (SSSR count). The fourth-order valence-corrected chi connectivity index (χ4v) is 2.36. The second-order valence-corrected chi connectivity index (χ2v) is 4.60. The third-order valence-electron chi connectivity index (χ3n) is 2.45. The van der Waals surface area contributed by atoms with Crippen LogP contribution in [0.5, 0.6) is 0 Å². The van der Waals surface area contributed by atoms with E-state index in [1.165, 1.54) is 12.1 Å². The summed E-state index contributed by atoms with van der Waals surface area (Å²) < 4.78 is 0.825. The monoisotopic (exact) mass is 342 g/mol. The van der Waals surface area contributed by atoms with E-state index in [0.717, 1.165) is 3.57 Å². The molecule has 0 aliphatic carbocycles. The van der Waals surface area contributed by atoms with Crippen LogP contribution in [0.4, 0.5) is 0 Å². The first-order valence-electron chi connectivity index (χ1n) is 4.70. The van der Waals surface area contributed by atoms with Crippen LogP contribution in [0.15, 0.2) is 30.3 Å². The summed E-state index contributed by atoms with van der Waals surface area (Å²) in [7, 11) is 0. The van der Waals surface area contributed by atoms with Gasteiger partial charge < -0.3 is 10.2 Å². The number of aromatic carboxylic acids is 2. The summed E-state index contributed by atoms with van der Waals surface area (Å²) in [6.07, 6.45) is 0. The van der Waals surface area contributed by atoms with Gasteiger partial charge in [-0.1, -0.05) is 12.1 Å². The van der Waals surface area contributed by atoms with Gasteiger partial charge in [0.25, 0.3) is 0 Å². The zero-order valence-corrected chi connectivity index (χ0v) is 10.6. The molecule has 0 spiro atoms. The number of halogens is 1. The molecule has 5 heteroatoms. The van der Waals surface area contributed by atoms with E-state index < -0.39 is 11.9 Å². The van der Waals surface area contributed by atoms with Crippen molar-refractivity contribution in [1.29, 1.82) is 0 Å². The zero-order chi connectivity index (χ0) is 12.6. The zero-order valence-electron chi connectivity index (χ0n) is 8.48. The first-order valence-corrected chi connectivity index (χ1v) is 5.78. The molecule has 0 radical (unpaired) electrons. The van der Waals surface area contributed by atoms with Crippen LogP contribution in [0.3, 0.4) is 0 Å². The topological polar surface area (TPSA) is 74.6 Å². The predicted molar refractivity (Wildman–Crippen MR) is 70.6 cm³/mol. The maximum absolute atomic E-state index is 11.1. The SMILES string of the molecule is O=C(O)c1cccc2c(I)ccc(C(=O)O)c12. The van der Waals surface area contributed by atoms with Crippen LogP contribution in [0, 0.1) is 3.57 Å². The van der Waals surface area contributed by atoms with Crippen molar-refractivity contribution in [3.05, 3.63) is 45.0 Å². The van der Waals surface area contributed by atoms with Gasteiger partial charge in [0, 0.05) is 8.96 Å². The maximum atomic E-state index is 11.1. The van der Waals surface area contributed by atoms with E-state index in [1.807, 2.05) is 0 Å². The second kappa shape index (κ2) is 4.33. The molecule has 0 saturated carbocycles. The van der Waals surface area contributed by atoms with Gasteiger partial charge >= 0.3 is 11.9 Å². The van der Waals surface area contributed by atoms with Crippen LogP contribution in [0.2, 0.25) is 0 Å². The molecule has 0 aromatic heterocycles. The lowest BCUT2D eigenvalue weighted by atomic mass is 9.99. The highest BCUT2D eigenvalue weighted by atomic mass is 127. The molecule has 0 saturated heterocycles. The van der Waals surface area contributed by atoms with Gasteiger partial charge in [0.2, 0.25) is 0 Å².